The highest BCUT2D eigenvalue weighted by molar-refractivity contribution is 7.26. The van der Waals surface area contributed by atoms with Gasteiger partial charge in [-0.3, -0.25) is 9.78 Å². The molecular weight excluding hydrogens is 406 g/mol. The topological polar surface area (TPSA) is 93.8 Å². The Bertz CT molecular complexity index is 1400. The number of rotatable bonds is 5. The molecule has 3 aromatic heterocycles. The lowest BCUT2D eigenvalue weighted by atomic mass is 10.0. The first-order chi connectivity index (χ1) is 15.2. The Morgan fingerprint density at radius 3 is 2.74 bits per heavy atom. The van der Waals surface area contributed by atoms with Crippen LogP contribution in [0.25, 0.3) is 31.4 Å². The van der Waals surface area contributed by atoms with Gasteiger partial charge >= 0.3 is 0 Å². The lowest BCUT2D eigenvalue weighted by molar-refractivity contribution is 0.0954. The van der Waals surface area contributed by atoms with E-state index in [4.69, 9.17) is 5.73 Å². The molecule has 1 amide bonds. The summed E-state index contributed by atoms with van der Waals surface area (Å²) < 4.78 is 1.99. The van der Waals surface area contributed by atoms with Crippen LogP contribution in [-0.2, 0) is 6.42 Å². The number of aromatic nitrogens is 3. The zero-order valence-electron chi connectivity index (χ0n) is 16.6. The summed E-state index contributed by atoms with van der Waals surface area (Å²) in [6, 6.07) is 19.6. The number of nitrogen functional groups attached to an aromatic ring is 1. The van der Waals surface area contributed by atoms with Gasteiger partial charge in [-0.2, -0.15) is 0 Å². The Labute approximate surface area is 182 Å². The van der Waals surface area contributed by atoms with Crippen molar-refractivity contribution in [2.75, 3.05) is 12.3 Å². The number of pyridine rings is 1. The Hall–Kier alpha value is -3.84. The van der Waals surface area contributed by atoms with Crippen molar-refractivity contribution in [3.8, 4) is 11.1 Å². The zero-order valence-corrected chi connectivity index (χ0v) is 17.4. The molecule has 0 aliphatic heterocycles. The number of nitrogens with zero attached hydrogens (tertiary/aromatic N) is 3. The average Bonchev–Trinajstić information content (AvgIpc) is 3.19. The fourth-order valence-corrected chi connectivity index (χ4v) is 4.66. The van der Waals surface area contributed by atoms with Gasteiger partial charge in [0.2, 0.25) is 0 Å². The van der Waals surface area contributed by atoms with Gasteiger partial charge in [-0.25, -0.2) is 9.97 Å². The van der Waals surface area contributed by atoms with Gasteiger partial charge in [0.15, 0.2) is 0 Å². The maximum absolute atomic E-state index is 12.6. The number of fused-ring (bicyclic) bond motifs is 3. The number of amides is 1. The molecule has 6 nitrogen and oxygen atoms in total. The quantitative estimate of drug-likeness (QED) is 0.434. The van der Waals surface area contributed by atoms with E-state index in [0.29, 0.717) is 24.3 Å². The van der Waals surface area contributed by atoms with Gasteiger partial charge in [-0.05, 0) is 41.5 Å². The number of thiophene rings is 1. The highest BCUT2D eigenvalue weighted by atomic mass is 32.1. The van der Waals surface area contributed by atoms with Crippen molar-refractivity contribution in [2.24, 2.45) is 0 Å². The number of carbonyl (C=O) groups excluding carboxylic acids is 1. The summed E-state index contributed by atoms with van der Waals surface area (Å²) >= 11 is 1.58. The lowest BCUT2D eigenvalue weighted by Crippen LogP contribution is -2.25. The number of hydrogen-bond donors (Lipinski definition) is 2. The van der Waals surface area contributed by atoms with E-state index in [1.165, 1.54) is 6.33 Å². The molecule has 0 unspecified atom stereocenters. The molecule has 5 aromatic rings. The molecule has 0 spiro atoms. The maximum Gasteiger partial charge on any atom is 0.251 e. The Balaban J connectivity index is 1.38. The van der Waals surface area contributed by atoms with E-state index in [9.17, 15) is 4.79 Å². The average molecular weight is 426 g/mol. The van der Waals surface area contributed by atoms with Crippen molar-refractivity contribution in [2.45, 2.75) is 6.42 Å². The predicted octanol–water partition coefficient (Wildman–Crippen LogP) is 4.46. The van der Waals surface area contributed by atoms with Crippen LogP contribution in [0.4, 0.5) is 5.82 Å². The molecule has 0 radical (unpaired) electrons. The SMILES string of the molecule is Nc1ncnc2c1sc1cc(-c3cccc(C(=O)NCCc4ccccn4)c3)ccc12. The first kappa shape index (κ1) is 19.1. The van der Waals surface area contributed by atoms with Crippen LogP contribution in [0.15, 0.2) is 73.2 Å². The van der Waals surface area contributed by atoms with Crippen LogP contribution >= 0.6 is 11.3 Å². The number of hydrogen-bond acceptors (Lipinski definition) is 6. The highest BCUT2D eigenvalue weighted by Gasteiger charge is 2.12. The highest BCUT2D eigenvalue weighted by Crippen LogP contribution is 2.37. The molecule has 0 aliphatic carbocycles. The largest absolute Gasteiger partial charge is 0.382 e. The van der Waals surface area contributed by atoms with Crippen molar-refractivity contribution in [3.05, 3.63) is 84.4 Å². The van der Waals surface area contributed by atoms with Crippen molar-refractivity contribution < 1.29 is 4.79 Å². The maximum atomic E-state index is 12.6. The minimum Gasteiger partial charge on any atom is -0.382 e. The standard InChI is InChI=1S/C24H19N5OS/c25-23-22-21(28-14-29-23)19-8-7-16(13-20(19)31-22)15-4-3-5-17(12-15)24(30)27-11-9-18-6-1-2-10-26-18/h1-8,10,12-14H,9,11H2,(H,27,30)(H2,25,28,29). The third-order valence-electron chi connectivity index (χ3n) is 5.13. The van der Waals surface area contributed by atoms with Gasteiger partial charge in [0.05, 0.1) is 10.2 Å². The molecule has 0 saturated carbocycles. The zero-order chi connectivity index (χ0) is 21.2. The summed E-state index contributed by atoms with van der Waals surface area (Å²) in [5, 5.41) is 4.03. The van der Waals surface area contributed by atoms with Crippen LogP contribution in [0, 0.1) is 0 Å². The van der Waals surface area contributed by atoms with Crippen molar-refractivity contribution >= 4 is 43.4 Å². The summed E-state index contributed by atoms with van der Waals surface area (Å²) in [5.74, 6) is 0.404. The molecule has 0 aliphatic rings. The fourth-order valence-electron chi connectivity index (χ4n) is 3.56. The van der Waals surface area contributed by atoms with Crippen LogP contribution < -0.4 is 11.1 Å². The van der Waals surface area contributed by atoms with E-state index < -0.39 is 0 Å². The molecule has 3 N–H and O–H groups in total. The number of carbonyl (C=O) groups is 1. The van der Waals surface area contributed by atoms with Crippen molar-refractivity contribution in [3.63, 3.8) is 0 Å². The molecule has 5 rings (SSSR count). The molecule has 7 heteroatoms. The summed E-state index contributed by atoms with van der Waals surface area (Å²) in [5.41, 5.74) is 10.5. The smallest absolute Gasteiger partial charge is 0.251 e. The van der Waals surface area contributed by atoms with E-state index in [2.05, 4.69) is 32.4 Å². The molecule has 0 saturated heterocycles. The van der Waals surface area contributed by atoms with Gasteiger partial charge in [0.25, 0.3) is 5.91 Å². The van der Waals surface area contributed by atoms with Gasteiger partial charge in [-0.15, -0.1) is 11.3 Å². The van der Waals surface area contributed by atoms with E-state index in [1.807, 2.05) is 48.5 Å². The second kappa shape index (κ2) is 8.12. The van der Waals surface area contributed by atoms with Crippen LogP contribution in [-0.4, -0.2) is 27.4 Å². The Morgan fingerprint density at radius 1 is 0.968 bits per heavy atom. The van der Waals surface area contributed by atoms with Crippen molar-refractivity contribution in [1.29, 1.82) is 0 Å². The summed E-state index contributed by atoms with van der Waals surface area (Å²) in [4.78, 5) is 25.4. The Morgan fingerprint density at radius 2 is 1.87 bits per heavy atom. The van der Waals surface area contributed by atoms with E-state index in [-0.39, 0.29) is 5.91 Å². The van der Waals surface area contributed by atoms with Crippen LogP contribution in [0.5, 0.6) is 0 Å². The van der Waals surface area contributed by atoms with Crippen molar-refractivity contribution in [1.82, 2.24) is 20.3 Å². The van der Waals surface area contributed by atoms with Gasteiger partial charge in [0, 0.05) is 40.5 Å². The van der Waals surface area contributed by atoms with Gasteiger partial charge < -0.3 is 11.1 Å². The van der Waals surface area contributed by atoms with E-state index >= 15 is 0 Å². The minimum absolute atomic E-state index is 0.0937. The molecular formula is C24H19N5OS. The summed E-state index contributed by atoms with van der Waals surface area (Å²) in [7, 11) is 0. The fraction of sp³-hybridized carbons (Fsp3) is 0.0833. The van der Waals surface area contributed by atoms with E-state index in [0.717, 1.165) is 37.1 Å². The lowest BCUT2D eigenvalue weighted by Gasteiger charge is -2.08. The number of nitrogens with one attached hydrogen (secondary N) is 1. The summed E-state index contributed by atoms with van der Waals surface area (Å²) in [6.45, 7) is 0.538. The van der Waals surface area contributed by atoms with Crippen LogP contribution in [0.3, 0.4) is 0 Å². The van der Waals surface area contributed by atoms with Crippen LogP contribution in [0.1, 0.15) is 16.1 Å². The molecule has 0 bridgehead atoms. The first-order valence-corrected chi connectivity index (χ1v) is 10.7. The first-order valence-electron chi connectivity index (χ1n) is 9.90. The third-order valence-corrected chi connectivity index (χ3v) is 6.30. The summed E-state index contributed by atoms with van der Waals surface area (Å²) in [6.07, 6.45) is 3.95. The molecule has 3 heterocycles. The minimum atomic E-state index is -0.0937. The van der Waals surface area contributed by atoms with Gasteiger partial charge in [-0.1, -0.05) is 30.3 Å². The second-order valence-corrected chi connectivity index (χ2v) is 8.21. The van der Waals surface area contributed by atoms with E-state index in [1.54, 1.807) is 17.5 Å². The normalized spacial score (nSPS) is 11.1. The predicted molar refractivity (Wildman–Crippen MR) is 125 cm³/mol. The number of anilines is 1. The molecule has 31 heavy (non-hydrogen) atoms. The van der Waals surface area contributed by atoms with Gasteiger partial charge in [0.1, 0.15) is 12.1 Å². The molecule has 2 aromatic carbocycles. The molecule has 0 fully saturated rings. The molecule has 0 atom stereocenters. The number of benzene rings is 2. The number of nitrogens with two attached hydrogens (primary N) is 1. The van der Waals surface area contributed by atoms with Crippen LogP contribution in [0.2, 0.25) is 0 Å². The monoisotopic (exact) mass is 425 g/mol. The molecule has 152 valence electrons. The third kappa shape index (κ3) is 3.83. The Kier molecular flexibility index (Phi) is 5.01. The second-order valence-electron chi connectivity index (χ2n) is 7.16.